The Hall–Kier alpha value is -1.90. The molecule has 2 aliphatic rings. The predicted octanol–water partition coefficient (Wildman–Crippen LogP) is 3.24. The molecule has 0 aliphatic carbocycles. The van der Waals surface area contributed by atoms with Crippen molar-refractivity contribution in [3.8, 4) is 0 Å². The first-order valence-corrected chi connectivity index (χ1v) is 9.17. The number of nitrogens with one attached hydrogen (secondary N) is 1. The summed E-state index contributed by atoms with van der Waals surface area (Å²) in [6.07, 6.45) is -4.00. The molecule has 1 unspecified atom stereocenters. The van der Waals surface area contributed by atoms with E-state index in [-0.39, 0.29) is 5.92 Å². The lowest BCUT2D eigenvalue weighted by molar-refractivity contribution is -0.138. The Morgan fingerprint density at radius 1 is 1.19 bits per heavy atom. The lowest BCUT2D eigenvalue weighted by Gasteiger charge is -2.35. The van der Waals surface area contributed by atoms with Crippen molar-refractivity contribution in [2.45, 2.75) is 44.3 Å². The SMILES string of the molecule is CN1Cc2[nH]nc(C(O)N3CCC(c4ccccc4C(F)(F)F)CC3)c2C1. The van der Waals surface area contributed by atoms with Gasteiger partial charge in [-0.25, -0.2) is 0 Å². The second-order valence-corrected chi connectivity index (χ2v) is 7.51. The molecule has 0 amide bonds. The van der Waals surface area contributed by atoms with E-state index in [9.17, 15) is 18.3 Å². The predicted molar refractivity (Wildman–Crippen MR) is 93.7 cm³/mol. The van der Waals surface area contributed by atoms with Crippen molar-refractivity contribution >= 4 is 0 Å². The molecule has 2 N–H and O–H groups in total. The lowest BCUT2D eigenvalue weighted by Crippen LogP contribution is -2.37. The molecule has 0 spiro atoms. The molecule has 1 fully saturated rings. The normalized spacial score (nSPS) is 20.8. The number of alkyl halides is 3. The number of halogens is 3. The molecule has 0 bridgehead atoms. The van der Waals surface area contributed by atoms with E-state index in [0.717, 1.165) is 30.4 Å². The van der Waals surface area contributed by atoms with Crippen LogP contribution < -0.4 is 0 Å². The van der Waals surface area contributed by atoms with E-state index in [0.29, 0.717) is 37.2 Å². The highest BCUT2D eigenvalue weighted by Crippen LogP contribution is 2.39. The number of hydrogen-bond acceptors (Lipinski definition) is 4. The average molecular weight is 380 g/mol. The van der Waals surface area contributed by atoms with Gasteiger partial charge in [0, 0.05) is 31.7 Å². The Morgan fingerprint density at radius 3 is 2.59 bits per heavy atom. The molecule has 0 radical (unpaired) electrons. The quantitative estimate of drug-likeness (QED) is 0.858. The zero-order valence-electron chi connectivity index (χ0n) is 15.1. The minimum absolute atomic E-state index is 0.151. The molecular weight excluding hydrogens is 357 g/mol. The number of hydrogen-bond donors (Lipinski definition) is 2. The maximum Gasteiger partial charge on any atom is 0.416 e. The number of aliphatic hydroxyl groups is 1. The Balaban J connectivity index is 1.46. The topological polar surface area (TPSA) is 55.4 Å². The van der Waals surface area contributed by atoms with E-state index < -0.39 is 18.0 Å². The fourth-order valence-electron chi connectivity index (χ4n) is 4.27. The van der Waals surface area contributed by atoms with Crippen LogP contribution in [0.1, 0.15) is 53.1 Å². The summed E-state index contributed by atoms with van der Waals surface area (Å²) < 4.78 is 39.9. The summed E-state index contributed by atoms with van der Waals surface area (Å²) in [6, 6.07) is 5.83. The minimum Gasteiger partial charge on any atom is -0.372 e. The number of fused-ring (bicyclic) bond motifs is 1. The molecule has 4 rings (SSSR count). The maximum absolute atomic E-state index is 13.3. The summed E-state index contributed by atoms with van der Waals surface area (Å²) in [4.78, 5) is 4.04. The van der Waals surface area contributed by atoms with E-state index in [4.69, 9.17) is 0 Å². The van der Waals surface area contributed by atoms with E-state index in [2.05, 4.69) is 15.1 Å². The minimum atomic E-state index is -4.34. The standard InChI is InChI=1S/C19H23F3N4O/c1-25-10-14-16(11-25)23-24-17(14)18(27)26-8-6-12(7-9-26)13-4-2-3-5-15(13)19(20,21)22/h2-5,12,18,27H,6-11H2,1H3,(H,23,24). The molecule has 27 heavy (non-hydrogen) atoms. The number of likely N-dealkylation sites (tertiary alicyclic amines) is 1. The van der Waals surface area contributed by atoms with Crippen LogP contribution in [-0.2, 0) is 19.3 Å². The van der Waals surface area contributed by atoms with Gasteiger partial charge in [-0.3, -0.25) is 14.9 Å². The van der Waals surface area contributed by atoms with Crippen LogP contribution >= 0.6 is 0 Å². The summed E-state index contributed by atoms with van der Waals surface area (Å²) in [5, 5.41) is 18.0. The van der Waals surface area contributed by atoms with Crippen LogP contribution in [0.15, 0.2) is 24.3 Å². The highest BCUT2D eigenvalue weighted by Gasteiger charge is 2.37. The Kier molecular flexibility index (Phi) is 4.73. The molecule has 1 aromatic carbocycles. The van der Waals surface area contributed by atoms with Gasteiger partial charge in [-0.2, -0.15) is 18.3 Å². The molecule has 0 saturated carbocycles. The van der Waals surface area contributed by atoms with Crippen molar-refractivity contribution in [3.05, 3.63) is 52.3 Å². The van der Waals surface area contributed by atoms with E-state index >= 15 is 0 Å². The van der Waals surface area contributed by atoms with Crippen LogP contribution in [0.25, 0.3) is 0 Å². The zero-order chi connectivity index (χ0) is 19.2. The number of benzene rings is 1. The molecule has 2 aromatic rings. The number of nitrogens with zero attached hydrogens (tertiary/aromatic N) is 3. The van der Waals surface area contributed by atoms with E-state index in [1.165, 1.54) is 6.07 Å². The number of H-pyrrole nitrogens is 1. The summed E-state index contributed by atoms with van der Waals surface area (Å²) in [6.45, 7) is 2.60. The second kappa shape index (κ2) is 6.92. The van der Waals surface area contributed by atoms with Gasteiger partial charge in [0.1, 0.15) is 5.69 Å². The first kappa shape index (κ1) is 18.5. The molecule has 5 nitrogen and oxygen atoms in total. The third-order valence-corrected chi connectivity index (χ3v) is 5.67. The van der Waals surface area contributed by atoms with Crippen molar-refractivity contribution in [3.63, 3.8) is 0 Å². The maximum atomic E-state index is 13.3. The fourth-order valence-corrected chi connectivity index (χ4v) is 4.27. The number of aromatic amines is 1. The Labute approximate surface area is 155 Å². The lowest BCUT2D eigenvalue weighted by atomic mass is 9.86. The van der Waals surface area contributed by atoms with Gasteiger partial charge in [-0.05, 0) is 37.4 Å². The number of aromatic nitrogens is 2. The van der Waals surface area contributed by atoms with Crippen molar-refractivity contribution in [2.24, 2.45) is 0 Å². The Morgan fingerprint density at radius 2 is 1.89 bits per heavy atom. The largest absolute Gasteiger partial charge is 0.416 e. The molecule has 3 heterocycles. The molecule has 1 aromatic heterocycles. The summed E-state index contributed by atoms with van der Waals surface area (Å²) in [5.74, 6) is -0.151. The van der Waals surface area contributed by atoms with Crippen molar-refractivity contribution in [1.29, 1.82) is 0 Å². The molecular formula is C19H23F3N4O. The number of aliphatic hydroxyl groups excluding tert-OH is 1. The van der Waals surface area contributed by atoms with Crippen LogP contribution in [0.2, 0.25) is 0 Å². The van der Waals surface area contributed by atoms with Crippen molar-refractivity contribution < 1.29 is 18.3 Å². The van der Waals surface area contributed by atoms with E-state index in [1.54, 1.807) is 12.1 Å². The molecule has 146 valence electrons. The van der Waals surface area contributed by atoms with Gasteiger partial charge in [0.25, 0.3) is 0 Å². The summed E-state index contributed by atoms with van der Waals surface area (Å²) in [5.41, 5.74) is 2.53. The Bertz CT molecular complexity index is 812. The first-order valence-electron chi connectivity index (χ1n) is 9.17. The van der Waals surface area contributed by atoms with Gasteiger partial charge in [-0.15, -0.1) is 0 Å². The second-order valence-electron chi connectivity index (χ2n) is 7.51. The highest BCUT2D eigenvalue weighted by molar-refractivity contribution is 5.33. The van der Waals surface area contributed by atoms with Crippen molar-refractivity contribution in [1.82, 2.24) is 20.0 Å². The van der Waals surface area contributed by atoms with Gasteiger partial charge in [0.2, 0.25) is 0 Å². The molecule has 1 saturated heterocycles. The smallest absolute Gasteiger partial charge is 0.372 e. The first-order chi connectivity index (χ1) is 12.8. The summed E-state index contributed by atoms with van der Waals surface area (Å²) >= 11 is 0. The average Bonchev–Trinajstić information content (AvgIpc) is 3.19. The fraction of sp³-hybridized carbons (Fsp3) is 0.526. The molecule has 1 atom stereocenters. The van der Waals surface area contributed by atoms with Gasteiger partial charge in [0.15, 0.2) is 6.23 Å². The van der Waals surface area contributed by atoms with Crippen LogP contribution in [0.3, 0.4) is 0 Å². The monoisotopic (exact) mass is 380 g/mol. The number of piperidine rings is 1. The van der Waals surface area contributed by atoms with Crippen LogP contribution in [0.4, 0.5) is 13.2 Å². The molecule has 2 aliphatic heterocycles. The molecule has 8 heteroatoms. The third kappa shape index (κ3) is 3.49. The van der Waals surface area contributed by atoms with Crippen molar-refractivity contribution in [2.75, 3.05) is 20.1 Å². The summed E-state index contributed by atoms with van der Waals surface area (Å²) in [7, 11) is 2.01. The van der Waals surface area contributed by atoms with Crippen LogP contribution in [-0.4, -0.2) is 45.2 Å². The van der Waals surface area contributed by atoms with Gasteiger partial charge < -0.3 is 5.11 Å². The third-order valence-electron chi connectivity index (χ3n) is 5.67. The van der Waals surface area contributed by atoms with Gasteiger partial charge in [0.05, 0.1) is 11.3 Å². The van der Waals surface area contributed by atoms with Crippen LogP contribution in [0.5, 0.6) is 0 Å². The van der Waals surface area contributed by atoms with Gasteiger partial charge in [-0.1, -0.05) is 18.2 Å². The highest BCUT2D eigenvalue weighted by atomic mass is 19.4. The van der Waals surface area contributed by atoms with E-state index in [1.807, 2.05) is 11.9 Å². The zero-order valence-corrected chi connectivity index (χ0v) is 15.1. The number of rotatable bonds is 3. The van der Waals surface area contributed by atoms with Crippen LogP contribution in [0, 0.1) is 0 Å². The van der Waals surface area contributed by atoms with Gasteiger partial charge >= 0.3 is 6.18 Å².